The molecule has 1 unspecified atom stereocenters. The van der Waals surface area contributed by atoms with Crippen LogP contribution >= 0.6 is 28.3 Å². The fraction of sp³-hybridized carbons (Fsp3) is 0.538. The maximum absolute atomic E-state index is 6.22. The third kappa shape index (κ3) is 3.77. The van der Waals surface area contributed by atoms with Crippen molar-refractivity contribution in [3.8, 4) is 11.5 Å². The molecule has 5 heteroatoms. The topological polar surface area (TPSA) is 44.5 Å². The molecule has 0 amide bonds. The lowest BCUT2D eigenvalue weighted by Gasteiger charge is -2.20. The molecule has 0 fully saturated rings. The number of rotatable bonds is 5. The molecule has 0 aliphatic carbocycles. The maximum Gasteiger partial charge on any atom is 0.137 e. The minimum Gasteiger partial charge on any atom is -0.495 e. The highest BCUT2D eigenvalue weighted by Gasteiger charge is 2.17. The van der Waals surface area contributed by atoms with Crippen molar-refractivity contribution in [3.63, 3.8) is 0 Å². The molecular weight excluding hydrogens is 318 g/mol. The van der Waals surface area contributed by atoms with Crippen LogP contribution in [0.2, 0.25) is 0 Å². The van der Waals surface area contributed by atoms with Gasteiger partial charge < -0.3 is 15.2 Å². The second kappa shape index (κ2) is 7.87. The highest BCUT2D eigenvalue weighted by atomic mass is 79.9. The van der Waals surface area contributed by atoms with Gasteiger partial charge in [0.2, 0.25) is 0 Å². The van der Waals surface area contributed by atoms with Crippen LogP contribution in [-0.4, -0.2) is 14.2 Å². The summed E-state index contributed by atoms with van der Waals surface area (Å²) in [7, 11) is 3.27. The van der Waals surface area contributed by atoms with Crippen LogP contribution in [0, 0.1) is 5.92 Å². The number of nitrogens with two attached hydrogens (primary N) is 1. The van der Waals surface area contributed by atoms with E-state index in [1.54, 1.807) is 14.2 Å². The van der Waals surface area contributed by atoms with Crippen molar-refractivity contribution in [2.75, 3.05) is 14.2 Å². The number of methoxy groups -OCH3 is 2. The molecular formula is C13H21BrClNO2. The van der Waals surface area contributed by atoms with Crippen molar-refractivity contribution in [2.24, 2.45) is 11.7 Å². The Labute approximate surface area is 124 Å². The van der Waals surface area contributed by atoms with Crippen molar-refractivity contribution in [2.45, 2.75) is 26.3 Å². The summed E-state index contributed by atoms with van der Waals surface area (Å²) < 4.78 is 11.4. The Morgan fingerprint density at radius 3 is 2.00 bits per heavy atom. The minimum atomic E-state index is -0.00380. The lowest BCUT2D eigenvalue weighted by Crippen LogP contribution is -2.18. The Kier molecular flexibility index (Phi) is 7.67. The second-order valence-electron chi connectivity index (χ2n) is 4.15. The van der Waals surface area contributed by atoms with Gasteiger partial charge in [0.05, 0.1) is 14.2 Å². The van der Waals surface area contributed by atoms with Gasteiger partial charge in [-0.15, -0.1) is 12.4 Å². The van der Waals surface area contributed by atoms with Gasteiger partial charge in [-0.05, 0) is 39.5 Å². The molecule has 0 saturated carbocycles. The largest absolute Gasteiger partial charge is 0.495 e. The molecule has 0 aromatic heterocycles. The van der Waals surface area contributed by atoms with Crippen LogP contribution in [-0.2, 0) is 0 Å². The first-order chi connectivity index (χ1) is 8.04. The third-order valence-electron chi connectivity index (χ3n) is 3.11. The van der Waals surface area contributed by atoms with E-state index in [2.05, 4.69) is 29.8 Å². The maximum atomic E-state index is 6.22. The molecule has 0 bridgehead atoms. The van der Waals surface area contributed by atoms with E-state index in [0.29, 0.717) is 5.92 Å². The third-order valence-corrected chi connectivity index (χ3v) is 3.89. The summed E-state index contributed by atoms with van der Waals surface area (Å²) in [6.07, 6.45) is 1.04. The zero-order chi connectivity index (χ0) is 13.0. The molecule has 1 rings (SSSR count). The zero-order valence-corrected chi connectivity index (χ0v) is 13.6. The van der Waals surface area contributed by atoms with Crippen LogP contribution in [0.5, 0.6) is 11.5 Å². The number of hydrogen-bond donors (Lipinski definition) is 1. The van der Waals surface area contributed by atoms with Crippen molar-refractivity contribution < 1.29 is 9.47 Å². The van der Waals surface area contributed by atoms with Crippen LogP contribution in [0.25, 0.3) is 0 Å². The smallest absolute Gasteiger partial charge is 0.137 e. The van der Waals surface area contributed by atoms with Gasteiger partial charge >= 0.3 is 0 Å². The molecule has 1 aromatic carbocycles. The Morgan fingerprint density at radius 1 is 1.22 bits per heavy atom. The highest BCUT2D eigenvalue weighted by Crippen LogP contribution is 2.38. The first kappa shape index (κ1) is 17.6. The van der Waals surface area contributed by atoms with E-state index in [0.717, 1.165) is 28.0 Å². The molecule has 3 nitrogen and oxygen atoms in total. The summed E-state index contributed by atoms with van der Waals surface area (Å²) in [6.45, 7) is 4.28. The number of hydrogen-bond acceptors (Lipinski definition) is 3. The molecule has 0 aliphatic heterocycles. The lowest BCUT2D eigenvalue weighted by molar-refractivity contribution is 0.384. The van der Waals surface area contributed by atoms with Crippen LogP contribution in [0.1, 0.15) is 31.9 Å². The van der Waals surface area contributed by atoms with Crippen molar-refractivity contribution in [1.82, 2.24) is 0 Å². The summed E-state index contributed by atoms with van der Waals surface area (Å²) in [5.41, 5.74) is 7.26. The molecule has 18 heavy (non-hydrogen) atoms. The summed E-state index contributed by atoms with van der Waals surface area (Å²) in [4.78, 5) is 0. The van der Waals surface area contributed by atoms with E-state index < -0.39 is 0 Å². The van der Waals surface area contributed by atoms with Gasteiger partial charge in [-0.3, -0.25) is 0 Å². The van der Waals surface area contributed by atoms with Crippen LogP contribution < -0.4 is 15.2 Å². The first-order valence-electron chi connectivity index (χ1n) is 5.72. The first-order valence-corrected chi connectivity index (χ1v) is 6.51. The normalized spacial score (nSPS) is 13.4. The van der Waals surface area contributed by atoms with Gasteiger partial charge in [-0.1, -0.05) is 20.3 Å². The van der Waals surface area contributed by atoms with Gasteiger partial charge in [0.15, 0.2) is 0 Å². The highest BCUT2D eigenvalue weighted by molar-refractivity contribution is 9.10. The van der Waals surface area contributed by atoms with E-state index in [1.807, 2.05) is 12.1 Å². The van der Waals surface area contributed by atoms with E-state index in [1.165, 1.54) is 0 Å². The van der Waals surface area contributed by atoms with E-state index in [9.17, 15) is 0 Å². The summed E-state index contributed by atoms with van der Waals surface area (Å²) in [6, 6.07) is 3.92. The number of benzene rings is 1. The van der Waals surface area contributed by atoms with E-state index in [4.69, 9.17) is 15.2 Å². The van der Waals surface area contributed by atoms with Crippen molar-refractivity contribution in [3.05, 3.63) is 22.2 Å². The van der Waals surface area contributed by atoms with Crippen LogP contribution in [0.3, 0.4) is 0 Å². The van der Waals surface area contributed by atoms with Gasteiger partial charge in [-0.25, -0.2) is 0 Å². The Bertz CT molecular complexity index is 362. The van der Waals surface area contributed by atoms with Gasteiger partial charge in [0.25, 0.3) is 0 Å². The number of ether oxygens (including phenoxy) is 2. The predicted molar refractivity (Wildman–Crippen MR) is 80.9 cm³/mol. The average Bonchev–Trinajstić information content (AvgIpc) is 2.37. The molecule has 0 spiro atoms. The second-order valence-corrected chi connectivity index (χ2v) is 4.94. The average molecular weight is 339 g/mol. The molecule has 104 valence electrons. The summed E-state index contributed by atoms with van der Waals surface area (Å²) in [5, 5.41) is 0. The van der Waals surface area contributed by atoms with E-state index in [-0.39, 0.29) is 18.4 Å². The van der Waals surface area contributed by atoms with Gasteiger partial charge in [0.1, 0.15) is 16.0 Å². The fourth-order valence-electron chi connectivity index (χ4n) is 1.66. The summed E-state index contributed by atoms with van der Waals surface area (Å²) >= 11 is 3.45. The van der Waals surface area contributed by atoms with Crippen LogP contribution in [0.4, 0.5) is 0 Å². The molecule has 0 saturated heterocycles. The van der Waals surface area contributed by atoms with Crippen molar-refractivity contribution in [1.29, 1.82) is 0 Å². The molecule has 0 heterocycles. The Morgan fingerprint density at radius 2 is 1.67 bits per heavy atom. The van der Waals surface area contributed by atoms with Crippen LogP contribution in [0.15, 0.2) is 16.6 Å². The lowest BCUT2D eigenvalue weighted by atomic mass is 9.93. The number of halogens is 2. The molecule has 2 atom stereocenters. The molecule has 0 radical (unpaired) electrons. The van der Waals surface area contributed by atoms with Gasteiger partial charge in [0, 0.05) is 6.04 Å². The predicted octanol–water partition coefficient (Wildman–Crippen LogP) is 3.93. The zero-order valence-electron chi connectivity index (χ0n) is 11.2. The van der Waals surface area contributed by atoms with Crippen molar-refractivity contribution >= 4 is 28.3 Å². The Hall–Kier alpha value is -0.450. The van der Waals surface area contributed by atoms with Gasteiger partial charge in [-0.2, -0.15) is 0 Å². The Balaban J connectivity index is 0.00000289. The molecule has 2 N–H and O–H groups in total. The fourth-order valence-corrected chi connectivity index (χ4v) is 2.22. The minimum absolute atomic E-state index is 0. The standard InChI is InChI=1S/C13H20BrNO2.ClH/c1-5-8(2)13(15)9-6-10(16-3)12(14)11(7-9)17-4;/h6-8,13H,5,15H2,1-4H3;1H/t8?,13-;/m0./s1. The monoisotopic (exact) mass is 337 g/mol. The quantitative estimate of drug-likeness (QED) is 0.884. The molecule has 1 aromatic rings. The van der Waals surface area contributed by atoms with E-state index >= 15 is 0 Å². The SMILES string of the molecule is CCC(C)[C@H](N)c1cc(OC)c(Br)c(OC)c1.Cl. The summed E-state index contributed by atoms with van der Waals surface area (Å²) in [5.74, 6) is 1.92. The molecule has 0 aliphatic rings.